The number of benzene rings is 2. The Balaban J connectivity index is 1.61. The van der Waals surface area contributed by atoms with Gasteiger partial charge in [-0.2, -0.15) is 0 Å². The Morgan fingerprint density at radius 3 is 2.21 bits per heavy atom. The molecule has 2 aliphatic rings. The average Bonchev–Trinajstić information content (AvgIpc) is 3.32. The summed E-state index contributed by atoms with van der Waals surface area (Å²) in [6, 6.07) is 23.1. The summed E-state index contributed by atoms with van der Waals surface area (Å²) in [5, 5.41) is 3.05. The monoisotopic (exact) mass is 459 g/mol. The van der Waals surface area contributed by atoms with E-state index < -0.39 is 0 Å². The summed E-state index contributed by atoms with van der Waals surface area (Å²) in [5.74, 6) is 0.698. The molecule has 150 valence electrons. The van der Waals surface area contributed by atoms with Gasteiger partial charge in [0.25, 0.3) is 0 Å². The van der Waals surface area contributed by atoms with Crippen LogP contribution in [-0.2, 0) is 4.74 Å². The molecule has 4 atom stereocenters. The molecular formula is C24H31BrNOP. The molecule has 1 aliphatic carbocycles. The van der Waals surface area contributed by atoms with Crippen molar-refractivity contribution in [1.82, 2.24) is 4.90 Å². The lowest BCUT2D eigenvalue weighted by Crippen LogP contribution is -2.41. The van der Waals surface area contributed by atoms with Crippen molar-refractivity contribution in [3.63, 3.8) is 0 Å². The minimum Gasteiger partial charge on any atom is -0.383 e. The largest absolute Gasteiger partial charge is 0.383 e. The molecule has 2 fully saturated rings. The molecule has 1 saturated carbocycles. The van der Waals surface area contributed by atoms with Crippen LogP contribution in [0.3, 0.4) is 0 Å². The first-order chi connectivity index (χ1) is 13.8. The van der Waals surface area contributed by atoms with Gasteiger partial charge in [0.05, 0.1) is 6.61 Å². The third-order valence-electron chi connectivity index (χ3n) is 6.40. The minimum atomic E-state index is -0.348. The highest BCUT2D eigenvalue weighted by atomic mass is 79.9. The number of ether oxygens (including phenoxy) is 1. The molecule has 0 spiro atoms. The van der Waals surface area contributed by atoms with Gasteiger partial charge in [-0.3, -0.25) is 4.90 Å². The molecule has 2 aromatic carbocycles. The summed E-state index contributed by atoms with van der Waals surface area (Å²) in [5.41, 5.74) is 0.730. The van der Waals surface area contributed by atoms with Crippen LogP contribution in [-0.4, -0.2) is 48.2 Å². The van der Waals surface area contributed by atoms with E-state index >= 15 is 0 Å². The maximum atomic E-state index is 5.51. The van der Waals surface area contributed by atoms with Crippen molar-refractivity contribution >= 4 is 34.5 Å². The van der Waals surface area contributed by atoms with E-state index in [-0.39, 0.29) is 7.92 Å². The minimum absolute atomic E-state index is 0.348. The van der Waals surface area contributed by atoms with Gasteiger partial charge < -0.3 is 4.74 Å². The van der Waals surface area contributed by atoms with E-state index in [9.17, 15) is 0 Å². The molecule has 2 unspecified atom stereocenters. The predicted molar refractivity (Wildman–Crippen MR) is 125 cm³/mol. The Hall–Kier alpha value is -0.730. The standard InChI is InChI=1S/C24H31BrNOP/c1-27-18-19-9-8-16-26(19)17-22-23(25)14-15-24(22)28(20-10-4-2-5-11-20)21-12-6-3-7-13-21/h2-7,10-13,19,22-24H,8-9,14-18H2,1H3/t19-,22-,23?,24?/m0/s1. The maximum Gasteiger partial charge on any atom is 0.0618 e. The van der Waals surface area contributed by atoms with Gasteiger partial charge in [-0.1, -0.05) is 76.6 Å². The zero-order valence-corrected chi connectivity index (χ0v) is 19.2. The van der Waals surface area contributed by atoms with Crippen molar-refractivity contribution in [3.05, 3.63) is 60.7 Å². The fourth-order valence-electron chi connectivity index (χ4n) is 5.05. The Morgan fingerprint density at radius 2 is 1.61 bits per heavy atom. The van der Waals surface area contributed by atoms with Crippen LogP contribution in [0.15, 0.2) is 60.7 Å². The van der Waals surface area contributed by atoms with Crippen molar-refractivity contribution in [2.45, 2.75) is 42.2 Å². The van der Waals surface area contributed by atoms with Gasteiger partial charge in [0.1, 0.15) is 0 Å². The van der Waals surface area contributed by atoms with Gasteiger partial charge in [0.2, 0.25) is 0 Å². The lowest BCUT2D eigenvalue weighted by molar-refractivity contribution is 0.107. The molecule has 0 amide bonds. The third-order valence-corrected chi connectivity index (χ3v) is 10.6. The molecule has 2 nitrogen and oxygen atoms in total. The SMILES string of the molecule is COC[C@@H]1CCCN1C[C@H]1C(Br)CCC1P(c1ccccc1)c1ccccc1. The number of nitrogens with zero attached hydrogens (tertiary/aromatic N) is 1. The van der Waals surface area contributed by atoms with Gasteiger partial charge in [-0.05, 0) is 62.3 Å². The lowest BCUT2D eigenvalue weighted by Gasteiger charge is -2.35. The zero-order chi connectivity index (χ0) is 19.3. The number of hydrogen-bond donors (Lipinski definition) is 0. The van der Waals surface area contributed by atoms with Crippen molar-refractivity contribution in [2.75, 3.05) is 26.8 Å². The normalized spacial score (nSPS) is 28.2. The van der Waals surface area contributed by atoms with Crippen molar-refractivity contribution in [3.8, 4) is 0 Å². The molecule has 0 bridgehead atoms. The Kier molecular flexibility index (Phi) is 7.22. The van der Waals surface area contributed by atoms with Gasteiger partial charge in [-0.15, -0.1) is 0 Å². The molecular weight excluding hydrogens is 429 g/mol. The predicted octanol–water partition coefficient (Wildman–Crippen LogP) is 4.77. The first-order valence-corrected chi connectivity index (χ1v) is 12.9. The Morgan fingerprint density at radius 1 is 0.964 bits per heavy atom. The molecule has 4 rings (SSSR count). The fourth-order valence-corrected chi connectivity index (χ4v) is 9.23. The molecule has 1 saturated heterocycles. The second-order valence-corrected chi connectivity index (χ2v) is 11.7. The first kappa shape index (κ1) is 20.5. The number of halogens is 1. The smallest absolute Gasteiger partial charge is 0.0618 e. The summed E-state index contributed by atoms with van der Waals surface area (Å²) in [4.78, 5) is 3.34. The molecule has 0 radical (unpaired) electrons. The van der Waals surface area contributed by atoms with Crippen molar-refractivity contribution < 1.29 is 4.74 Å². The summed E-state index contributed by atoms with van der Waals surface area (Å²) >= 11 is 4.08. The van der Waals surface area contributed by atoms with Gasteiger partial charge in [-0.25, -0.2) is 0 Å². The second-order valence-electron chi connectivity index (χ2n) is 8.11. The van der Waals surface area contributed by atoms with Gasteiger partial charge in [0.15, 0.2) is 0 Å². The molecule has 2 aromatic rings. The van der Waals surface area contributed by atoms with Crippen LogP contribution in [0.25, 0.3) is 0 Å². The van der Waals surface area contributed by atoms with Gasteiger partial charge in [0, 0.05) is 24.5 Å². The molecule has 1 heterocycles. The highest BCUT2D eigenvalue weighted by Gasteiger charge is 2.42. The van der Waals surface area contributed by atoms with Crippen LogP contribution in [0.4, 0.5) is 0 Å². The molecule has 4 heteroatoms. The van der Waals surface area contributed by atoms with Gasteiger partial charge >= 0.3 is 0 Å². The van der Waals surface area contributed by atoms with Crippen LogP contribution in [0.2, 0.25) is 0 Å². The van der Waals surface area contributed by atoms with Crippen LogP contribution < -0.4 is 10.6 Å². The first-order valence-electron chi connectivity index (χ1n) is 10.5. The van der Waals surface area contributed by atoms with E-state index in [1.165, 1.54) is 49.4 Å². The van der Waals surface area contributed by atoms with E-state index in [2.05, 4.69) is 81.5 Å². The zero-order valence-electron chi connectivity index (χ0n) is 16.7. The van der Waals surface area contributed by atoms with E-state index in [4.69, 9.17) is 4.74 Å². The number of methoxy groups -OCH3 is 1. The second kappa shape index (κ2) is 9.85. The molecule has 28 heavy (non-hydrogen) atoms. The van der Waals surface area contributed by atoms with Crippen LogP contribution in [0.1, 0.15) is 25.7 Å². The fraction of sp³-hybridized carbons (Fsp3) is 0.500. The number of alkyl halides is 1. The van der Waals surface area contributed by atoms with Crippen molar-refractivity contribution in [2.24, 2.45) is 5.92 Å². The molecule has 0 aromatic heterocycles. The average molecular weight is 460 g/mol. The van der Waals surface area contributed by atoms with E-state index in [0.717, 1.165) is 12.3 Å². The number of hydrogen-bond acceptors (Lipinski definition) is 2. The summed E-state index contributed by atoms with van der Waals surface area (Å²) < 4.78 is 5.51. The third kappa shape index (κ3) is 4.54. The number of rotatable bonds is 7. The molecule has 1 aliphatic heterocycles. The Bertz CT molecular complexity index is 688. The van der Waals surface area contributed by atoms with E-state index in [1.807, 2.05) is 7.11 Å². The van der Waals surface area contributed by atoms with Crippen LogP contribution in [0, 0.1) is 5.92 Å². The molecule has 0 N–H and O–H groups in total. The lowest BCUT2D eigenvalue weighted by atomic mass is 10.1. The summed E-state index contributed by atoms with van der Waals surface area (Å²) in [6.07, 6.45) is 5.20. The topological polar surface area (TPSA) is 12.5 Å². The van der Waals surface area contributed by atoms with E-state index in [1.54, 1.807) is 0 Å². The highest BCUT2D eigenvalue weighted by molar-refractivity contribution is 9.09. The van der Waals surface area contributed by atoms with Crippen LogP contribution >= 0.6 is 23.9 Å². The summed E-state index contributed by atoms with van der Waals surface area (Å²) in [7, 11) is 1.49. The summed E-state index contributed by atoms with van der Waals surface area (Å²) in [6.45, 7) is 3.30. The quantitative estimate of drug-likeness (QED) is 0.436. The highest BCUT2D eigenvalue weighted by Crippen LogP contribution is 2.52. The van der Waals surface area contributed by atoms with E-state index in [0.29, 0.717) is 16.8 Å². The Labute approximate surface area is 179 Å². The number of likely N-dealkylation sites (tertiary alicyclic amines) is 1. The maximum absolute atomic E-state index is 5.51. The van der Waals surface area contributed by atoms with Crippen LogP contribution in [0.5, 0.6) is 0 Å². The van der Waals surface area contributed by atoms with Crippen molar-refractivity contribution in [1.29, 1.82) is 0 Å².